The number of amides is 2. The number of nitrogens with one attached hydrogen (secondary N) is 1. The van der Waals surface area contributed by atoms with Crippen LogP contribution in [0.2, 0.25) is 0 Å². The van der Waals surface area contributed by atoms with E-state index >= 15 is 0 Å². The molecule has 0 radical (unpaired) electrons. The van der Waals surface area contributed by atoms with Gasteiger partial charge in [0.1, 0.15) is 17.6 Å². The molecule has 8 nitrogen and oxygen atoms in total. The summed E-state index contributed by atoms with van der Waals surface area (Å²) in [7, 11) is 0. The number of hydrogen-bond acceptors (Lipinski definition) is 4. The first-order valence-corrected chi connectivity index (χ1v) is 8.92. The van der Waals surface area contributed by atoms with E-state index < -0.39 is 0 Å². The fourth-order valence-corrected chi connectivity index (χ4v) is 3.31. The van der Waals surface area contributed by atoms with Gasteiger partial charge in [-0.3, -0.25) is 19.0 Å². The number of likely N-dealkylation sites (tertiary alicyclic amines) is 1. The smallest absolute Gasteiger partial charge is 0.242 e. The lowest BCUT2D eigenvalue weighted by Crippen LogP contribution is -2.43. The second-order valence-electron chi connectivity index (χ2n) is 6.88. The Morgan fingerprint density at radius 3 is 2.64 bits per heavy atom. The Kier molecular flexibility index (Phi) is 5.06. The lowest BCUT2D eigenvalue weighted by Gasteiger charge is -2.26. The fraction of sp³-hybridized carbons (Fsp3) is 0.647. The first kappa shape index (κ1) is 17.4. The van der Waals surface area contributed by atoms with E-state index in [1.54, 1.807) is 10.9 Å². The molecule has 0 unspecified atom stereocenters. The van der Waals surface area contributed by atoms with E-state index in [9.17, 15) is 9.59 Å². The molecule has 1 fully saturated rings. The summed E-state index contributed by atoms with van der Waals surface area (Å²) in [6.45, 7) is 7.75. The van der Waals surface area contributed by atoms with Crippen molar-refractivity contribution in [2.45, 2.75) is 52.6 Å². The van der Waals surface area contributed by atoms with Crippen molar-refractivity contribution in [2.75, 3.05) is 19.6 Å². The Labute approximate surface area is 147 Å². The van der Waals surface area contributed by atoms with Crippen LogP contribution in [-0.4, -0.2) is 55.9 Å². The zero-order valence-corrected chi connectivity index (χ0v) is 15.2. The molecule has 0 atom stereocenters. The largest absolute Gasteiger partial charge is 0.345 e. The lowest BCUT2D eigenvalue weighted by atomic mass is 10.1. The zero-order valence-electron chi connectivity index (χ0n) is 15.2. The average Bonchev–Trinajstić information content (AvgIpc) is 3.15. The van der Waals surface area contributed by atoms with Gasteiger partial charge in [0.2, 0.25) is 11.8 Å². The number of piperidine rings is 1. The van der Waals surface area contributed by atoms with Gasteiger partial charge >= 0.3 is 0 Å². The zero-order chi connectivity index (χ0) is 18.0. The molecule has 2 amide bonds. The predicted octanol–water partition coefficient (Wildman–Crippen LogP) is 1.25. The second-order valence-corrected chi connectivity index (χ2v) is 6.88. The SMILES string of the molecule is Cc1nn(C(C)C)c2cnn(CC(=O)NCC(=O)N3CCCCC3)c12. The van der Waals surface area contributed by atoms with Gasteiger partial charge < -0.3 is 10.2 Å². The van der Waals surface area contributed by atoms with Crippen LogP contribution in [0, 0.1) is 6.92 Å². The molecule has 25 heavy (non-hydrogen) atoms. The topological polar surface area (TPSA) is 85.0 Å². The molecule has 3 heterocycles. The van der Waals surface area contributed by atoms with E-state index in [1.807, 2.05) is 16.5 Å². The van der Waals surface area contributed by atoms with Crippen molar-refractivity contribution in [3.63, 3.8) is 0 Å². The minimum Gasteiger partial charge on any atom is -0.345 e. The summed E-state index contributed by atoms with van der Waals surface area (Å²) in [5, 5.41) is 11.5. The highest BCUT2D eigenvalue weighted by Crippen LogP contribution is 2.21. The van der Waals surface area contributed by atoms with E-state index in [0.29, 0.717) is 0 Å². The molecule has 0 spiro atoms. The van der Waals surface area contributed by atoms with Crippen molar-refractivity contribution >= 4 is 22.8 Å². The van der Waals surface area contributed by atoms with E-state index in [4.69, 9.17) is 0 Å². The standard InChI is InChI=1S/C17H26N6O2/c1-12(2)23-14-9-19-22(17(14)13(3)20-23)11-15(24)18-10-16(25)21-7-5-4-6-8-21/h9,12H,4-8,10-11H2,1-3H3,(H,18,24). The van der Waals surface area contributed by atoms with Gasteiger partial charge in [0.25, 0.3) is 0 Å². The van der Waals surface area contributed by atoms with Crippen LogP contribution in [0.1, 0.15) is 44.8 Å². The number of rotatable bonds is 5. The van der Waals surface area contributed by atoms with Crippen LogP contribution in [0.3, 0.4) is 0 Å². The van der Waals surface area contributed by atoms with Gasteiger partial charge in [0, 0.05) is 19.1 Å². The number of nitrogens with zero attached hydrogens (tertiary/aromatic N) is 5. The lowest BCUT2D eigenvalue weighted by molar-refractivity contribution is -0.133. The molecule has 3 rings (SSSR count). The Morgan fingerprint density at radius 2 is 1.96 bits per heavy atom. The first-order chi connectivity index (χ1) is 12.0. The molecule has 1 saturated heterocycles. The molecule has 2 aromatic rings. The Bertz CT molecular complexity index is 770. The van der Waals surface area contributed by atoms with Gasteiger partial charge in [-0.1, -0.05) is 0 Å². The fourth-order valence-electron chi connectivity index (χ4n) is 3.31. The third kappa shape index (κ3) is 3.67. The number of fused-ring (bicyclic) bond motifs is 1. The number of carbonyl (C=O) groups excluding carboxylic acids is 2. The highest BCUT2D eigenvalue weighted by Gasteiger charge is 2.19. The molecular weight excluding hydrogens is 320 g/mol. The third-order valence-corrected chi connectivity index (χ3v) is 4.60. The molecule has 0 aliphatic carbocycles. The van der Waals surface area contributed by atoms with Gasteiger partial charge in [0.15, 0.2) is 0 Å². The van der Waals surface area contributed by atoms with Crippen molar-refractivity contribution in [1.82, 2.24) is 29.8 Å². The summed E-state index contributed by atoms with van der Waals surface area (Å²) < 4.78 is 3.56. The summed E-state index contributed by atoms with van der Waals surface area (Å²) in [5.74, 6) is -0.227. The van der Waals surface area contributed by atoms with Gasteiger partial charge in [0.05, 0.1) is 18.4 Å². The predicted molar refractivity (Wildman–Crippen MR) is 94.1 cm³/mol. The van der Waals surface area contributed by atoms with Crippen molar-refractivity contribution in [3.05, 3.63) is 11.9 Å². The maximum atomic E-state index is 12.2. The van der Waals surface area contributed by atoms with Crippen LogP contribution >= 0.6 is 0 Å². The monoisotopic (exact) mass is 346 g/mol. The van der Waals surface area contributed by atoms with Crippen LogP contribution in [0.25, 0.3) is 11.0 Å². The summed E-state index contributed by atoms with van der Waals surface area (Å²) in [5.41, 5.74) is 2.63. The highest BCUT2D eigenvalue weighted by molar-refractivity contribution is 5.86. The molecule has 8 heteroatoms. The van der Waals surface area contributed by atoms with Crippen molar-refractivity contribution in [1.29, 1.82) is 0 Å². The minimum absolute atomic E-state index is 0.0116. The summed E-state index contributed by atoms with van der Waals surface area (Å²) in [4.78, 5) is 26.2. The normalized spacial score (nSPS) is 15.1. The molecule has 1 aliphatic heterocycles. The van der Waals surface area contributed by atoms with Crippen LogP contribution < -0.4 is 5.32 Å². The Hall–Kier alpha value is -2.38. The molecular formula is C17H26N6O2. The van der Waals surface area contributed by atoms with Crippen LogP contribution in [-0.2, 0) is 16.1 Å². The van der Waals surface area contributed by atoms with Gasteiger partial charge in [-0.05, 0) is 40.0 Å². The maximum absolute atomic E-state index is 12.2. The van der Waals surface area contributed by atoms with E-state index in [1.165, 1.54) is 6.42 Å². The van der Waals surface area contributed by atoms with Gasteiger partial charge in [-0.2, -0.15) is 10.2 Å². The first-order valence-electron chi connectivity index (χ1n) is 8.92. The van der Waals surface area contributed by atoms with Gasteiger partial charge in [-0.25, -0.2) is 0 Å². The molecule has 1 N–H and O–H groups in total. The summed E-state index contributed by atoms with van der Waals surface area (Å²) >= 11 is 0. The number of hydrogen-bond donors (Lipinski definition) is 1. The van der Waals surface area contributed by atoms with Crippen LogP contribution in [0.15, 0.2) is 6.20 Å². The van der Waals surface area contributed by atoms with Crippen molar-refractivity contribution in [3.8, 4) is 0 Å². The molecule has 1 aliphatic rings. The number of aromatic nitrogens is 4. The Balaban J connectivity index is 1.61. The summed E-state index contributed by atoms with van der Waals surface area (Å²) in [6.07, 6.45) is 5.00. The molecule has 0 bridgehead atoms. The Morgan fingerprint density at radius 1 is 1.24 bits per heavy atom. The average molecular weight is 346 g/mol. The second kappa shape index (κ2) is 7.25. The van der Waals surface area contributed by atoms with Gasteiger partial charge in [-0.15, -0.1) is 0 Å². The quantitative estimate of drug-likeness (QED) is 0.883. The molecule has 0 saturated carbocycles. The van der Waals surface area contributed by atoms with E-state index in [2.05, 4.69) is 29.4 Å². The van der Waals surface area contributed by atoms with Crippen molar-refractivity contribution in [2.24, 2.45) is 0 Å². The van der Waals surface area contributed by atoms with E-state index in [-0.39, 0.29) is 30.9 Å². The minimum atomic E-state index is -0.216. The maximum Gasteiger partial charge on any atom is 0.242 e. The van der Waals surface area contributed by atoms with Crippen molar-refractivity contribution < 1.29 is 9.59 Å². The number of carbonyl (C=O) groups is 2. The highest BCUT2D eigenvalue weighted by atomic mass is 16.2. The molecule has 2 aromatic heterocycles. The van der Waals surface area contributed by atoms with E-state index in [0.717, 1.165) is 42.7 Å². The third-order valence-electron chi connectivity index (χ3n) is 4.60. The molecule has 0 aromatic carbocycles. The number of aryl methyl sites for hydroxylation is 1. The summed E-state index contributed by atoms with van der Waals surface area (Å²) in [6, 6.07) is 0.227. The van der Waals surface area contributed by atoms with Crippen LogP contribution in [0.4, 0.5) is 0 Å². The van der Waals surface area contributed by atoms with Crippen LogP contribution in [0.5, 0.6) is 0 Å². The molecule has 136 valence electrons.